The van der Waals surface area contributed by atoms with Gasteiger partial charge in [0.1, 0.15) is 0 Å². The Balaban J connectivity index is 3.28. The lowest BCUT2D eigenvalue weighted by Gasteiger charge is -2.23. The molecule has 0 aliphatic heterocycles. The number of phosphoric acid groups is 1. The van der Waals surface area contributed by atoms with Crippen LogP contribution < -0.4 is 0 Å². The van der Waals surface area contributed by atoms with Crippen molar-refractivity contribution in [1.29, 1.82) is 0 Å². The Morgan fingerprint density at radius 3 is 1.59 bits per heavy atom. The summed E-state index contributed by atoms with van der Waals surface area (Å²) in [6.07, 6.45) is 19.3. The quantitative estimate of drug-likeness (QED) is 0.158. The minimum atomic E-state index is -4.35. The van der Waals surface area contributed by atoms with Gasteiger partial charge in [-0.15, -0.1) is 0 Å². The van der Waals surface area contributed by atoms with E-state index in [1.807, 2.05) is 25.6 Å². The van der Waals surface area contributed by atoms with Gasteiger partial charge in [0.25, 0.3) is 0 Å². The van der Waals surface area contributed by atoms with Gasteiger partial charge < -0.3 is 9.79 Å². The number of rotatable bonds is 20. The molecule has 164 valence electrons. The van der Waals surface area contributed by atoms with Crippen molar-refractivity contribution in [3.05, 3.63) is 0 Å². The first-order valence-corrected chi connectivity index (χ1v) is 13.7. The molecule has 2 N–H and O–H groups in total. The molecule has 0 saturated heterocycles. The topological polar surface area (TPSA) is 66.8 Å². The molecule has 0 spiro atoms. The molecule has 0 heterocycles. The summed E-state index contributed by atoms with van der Waals surface area (Å²) >= 11 is 1.86. The summed E-state index contributed by atoms with van der Waals surface area (Å²) in [5.41, 5.74) is -0.207. The Kier molecular flexibility index (Phi) is 17.6. The van der Waals surface area contributed by atoms with E-state index in [1.54, 1.807) is 0 Å². The van der Waals surface area contributed by atoms with Gasteiger partial charge >= 0.3 is 7.82 Å². The van der Waals surface area contributed by atoms with Crippen LogP contribution in [-0.2, 0) is 9.09 Å². The van der Waals surface area contributed by atoms with Gasteiger partial charge in [0.15, 0.2) is 0 Å². The van der Waals surface area contributed by atoms with Crippen LogP contribution in [0.4, 0.5) is 0 Å². The van der Waals surface area contributed by atoms with Crippen LogP contribution in [0.2, 0.25) is 0 Å². The van der Waals surface area contributed by atoms with Crippen LogP contribution >= 0.6 is 19.6 Å². The Labute approximate surface area is 172 Å². The zero-order chi connectivity index (χ0) is 20.4. The molecule has 4 nitrogen and oxygen atoms in total. The van der Waals surface area contributed by atoms with Crippen LogP contribution in [0.5, 0.6) is 0 Å². The highest BCUT2D eigenvalue weighted by Gasteiger charge is 2.23. The molecule has 0 aromatic rings. The van der Waals surface area contributed by atoms with Gasteiger partial charge in [-0.25, -0.2) is 4.57 Å². The van der Waals surface area contributed by atoms with E-state index < -0.39 is 7.82 Å². The van der Waals surface area contributed by atoms with Gasteiger partial charge in [-0.05, 0) is 17.6 Å². The molecule has 0 unspecified atom stereocenters. The molecule has 0 aliphatic rings. The fraction of sp³-hybridized carbons (Fsp3) is 1.00. The lowest BCUT2D eigenvalue weighted by atomic mass is 9.98. The molecule has 0 amide bonds. The number of hydrogen-bond acceptors (Lipinski definition) is 3. The van der Waals surface area contributed by atoms with Gasteiger partial charge in [-0.2, -0.15) is 11.8 Å². The smallest absolute Gasteiger partial charge is 0.303 e. The predicted molar refractivity (Wildman–Crippen MR) is 119 cm³/mol. The number of thioether (sulfide) groups is 1. The highest BCUT2D eigenvalue weighted by atomic mass is 32.2. The first kappa shape index (κ1) is 27.5. The highest BCUT2D eigenvalue weighted by Crippen LogP contribution is 2.38. The van der Waals surface area contributed by atoms with Crippen molar-refractivity contribution in [1.82, 2.24) is 0 Å². The minimum Gasteiger partial charge on any atom is -0.303 e. The third-order valence-corrected chi connectivity index (χ3v) is 6.79. The van der Waals surface area contributed by atoms with E-state index >= 15 is 0 Å². The van der Waals surface area contributed by atoms with Crippen LogP contribution in [0.3, 0.4) is 0 Å². The van der Waals surface area contributed by atoms with E-state index in [4.69, 9.17) is 9.79 Å². The van der Waals surface area contributed by atoms with Crippen LogP contribution in [0.25, 0.3) is 0 Å². The summed E-state index contributed by atoms with van der Waals surface area (Å²) in [5.74, 6) is 1.99. The average Bonchev–Trinajstić information content (AvgIpc) is 2.59. The Bertz CT molecular complexity index is 371. The molecule has 0 atom stereocenters. The second-order valence-electron chi connectivity index (χ2n) is 8.58. The van der Waals surface area contributed by atoms with E-state index in [0.29, 0.717) is 0 Å². The first-order chi connectivity index (χ1) is 12.8. The number of phosphoric ester groups is 1. The lowest BCUT2D eigenvalue weighted by Crippen LogP contribution is -2.21. The average molecular weight is 425 g/mol. The summed E-state index contributed by atoms with van der Waals surface area (Å²) < 4.78 is 15.4. The highest BCUT2D eigenvalue weighted by molar-refractivity contribution is 7.99. The Morgan fingerprint density at radius 2 is 1.19 bits per heavy atom. The van der Waals surface area contributed by atoms with Crippen molar-refractivity contribution in [2.24, 2.45) is 5.41 Å². The van der Waals surface area contributed by atoms with Crippen LogP contribution in [0, 0.1) is 5.41 Å². The third-order valence-electron chi connectivity index (χ3n) is 4.76. The van der Waals surface area contributed by atoms with Crippen LogP contribution in [-0.4, -0.2) is 27.9 Å². The van der Waals surface area contributed by atoms with E-state index in [1.165, 1.54) is 89.9 Å². The standard InChI is InChI=1S/C21H45O4PS/c1-4-5-6-7-8-9-10-11-12-13-14-15-16-17-18-27-20-21(2,3)19-25-26(22,23)24/h4-20H2,1-3H3,(H2,22,23,24). The van der Waals surface area contributed by atoms with Crippen molar-refractivity contribution in [3.63, 3.8) is 0 Å². The van der Waals surface area contributed by atoms with Gasteiger partial charge in [-0.3, -0.25) is 4.52 Å². The van der Waals surface area contributed by atoms with Crippen molar-refractivity contribution in [2.45, 2.75) is 111 Å². The molecule has 0 aliphatic carbocycles. The molecule has 0 saturated carbocycles. The fourth-order valence-corrected chi connectivity index (χ4v) is 4.75. The normalized spacial score (nSPS) is 12.6. The van der Waals surface area contributed by atoms with Crippen LogP contribution in [0.1, 0.15) is 111 Å². The summed E-state index contributed by atoms with van der Waals surface area (Å²) in [6.45, 7) is 6.35. The van der Waals surface area contributed by atoms with Gasteiger partial charge in [0.05, 0.1) is 6.61 Å². The SMILES string of the molecule is CCCCCCCCCCCCCCCCSCC(C)(C)COP(=O)(O)O. The minimum absolute atomic E-state index is 0.100. The second-order valence-corrected chi connectivity index (χ2v) is 10.9. The number of unbranched alkanes of at least 4 members (excludes halogenated alkanes) is 13. The second kappa shape index (κ2) is 17.3. The lowest BCUT2D eigenvalue weighted by molar-refractivity contribution is 0.141. The molecule has 0 fully saturated rings. The van der Waals surface area contributed by atoms with E-state index in [-0.39, 0.29) is 12.0 Å². The summed E-state index contributed by atoms with van der Waals surface area (Å²) in [7, 11) is -4.35. The zero-order valence-corrected chi connectivity index (χ0v) is 19.8. The molecular weight excluding hydrogens is 379 g/mol. The molecule has 0 radical (unpaired) electrons. The first-order valence-electron chi connectivity index (χ1n) is 11.0. The third kappa shape index (κ3) is 22.6. The molecule has 0 bridgehead atoms. The van der Waals surface area contributed by atoms with Crippen molar-refractivity contribution >= 4 is 19.6 Å². The van der Waals surface area contributed by atoms with Crippen LogP contribution in [0.15, 0.2) is 0 Å². The Hall–Kier alpha value is 0.460. The van der Waals surface area contributed by atoms with Crippen molar-refractivity contribution in [3.8, 4) is 0 Å². The number of hydrogen-bond donors (Lipinski definition) is 2. The molecule has 0 aromatic heterocycles. The largest absolute Gasteiger partial charge is 0.469 e. The molecule has 0 rings (SSSR count). The summed E-state index contributed by atoms with van der Waals surface area (Å²) in [6, 6.07) is 0. The van der Waals surface area contributed by atoms with E-state index in [9.17, 15) is 4.57 Å². The molecule has 6 heteroatoms. The maximum atomic E-state index is 10.8. The van der Waals surface area contributed by atoms with Gasteiger partial charge in [-0.1, -0.05) is 104 Å². The summed E-state index contributed by atoms with van der Waals surface area (Å²) in [4.78, 5) is 17.6. The maximum Gasteiger partial charge on any atom is 0.469 e. The molecular formula is C21H45O4PS. The van der Waals surface area contributed by atoms with Gasteiger partial charge in [0.2, 0.25) is 0 Å². The fourth-order valence-electron chi connectivity index (χ4n) is 3.05. The van der Waals surface area contributed by atoms with Crippen molar-refractivity contribution < 1.29 is 18.9 Å². The monoisotopic (exact) mass is 424 g/mol. The maximum absolute atomic E-state index is 10.8. The molecule has 27 heavy (non-hydrogen) atoms. The Morgan fingerprint density at radius 1 is 0.778 bits per heavy atom. The van der Waals surface area contributed by atoms with E-state index in [0.717, 1.165) is 11.5 Å². The molecule has 0 aromatic carbocycles. The van der Waals surface area contributed by atoms with E-state index in [2.05, 4.69) is 11.4 Å². The van der Waals surface area contributed by atoms with Crippen molar-refractivity contribution in [2.75, 3.05) is 18.1 Å². The van der Waals surface area contributed by atoms with Gasteiger partial charge in [0, 0.05) is 5.75 Å². The predicted octanol–water partition coefficient (Wildman–Crippen LogP) is 7.34. The zero-order valence-electron chi connectivity index (χ0n) is 18.1. The summed E-state index contributed by atoms with van der Waals surface area (Å²) in [5, 5.41) is 0.